The molecule has 2 aromatic rings. The number of allylic oxidation sites excluding steroid dienone is 8. The van der Waals surface area contributed by atoms with Gasteiger partial charge in [-0.05, 0) is 46.3 Å². The summed E-state index contributed by atoms with van der Waals surface area (Å²) in [6.45, 7) is 2.61. The van der Waals surface area contributed by atoms with E-state index < -0.39 is 5.62 Å². The van der Waals surface area contributed by atoms with Gasteiger partial charge in [0.15, 0.2) is 0 Å². The van der Waals surface area contributed by atoms with Crippen LogP contribution in [0.4, 0.5) is 5.69 Å². The number of hydrogen-bond donors (Lipinski definition) is 2. The predicted octanol–water partition coefficient (Wildman–Crippen LogP) is 6.79. The normalized spacial score (nSPS) is 22.2. The number of nitrogens with one attached hydrogen (secondary N) is 1. The molecule has 2 N–H and O–H groups in total. The summed E-state index contributed by atoms with van der Waals surface area (Å²) in [5, 5.41) is 5.51. The van der Waals surface area contributed by atoms with E-state index in [1.807, 2.05) is 9.44 Å². The van der Waals surface area contributed by atoms with Gasteiger partial charge in [0.25, 0.3) is 0 Å². The fourth-order valence-corrected chi connectivity index (χ4v) is 11.0. The largest absolute Gasteiger partial charge is 0.345 e. The maximum atomic E-state index is 10.6. The molecule has 4 rings (SSSR count). The molecule has 0 bridgehead atoms. The van der Waals surface area contributed by atoms with E-state index in [4.69, 9.17) is 11.8 Å². The molecule has 3 atom stereocenters. The van der Waals surface area contributed by atoms with Crippen LogP contribution in [-0.4, -0.2) is 11.4 Å². The smallest absolute Gasteiger partial charge is 0.204 e. The zero-order valence-electron chi connectivity index (χ0n) is 15.9. The quantitative estimate of drug-likeness (QED) is 0.179. The summed E-state index contributed by atoms with van der Waals surface area (Å²) in [6, 6.07) is 12.8. The topological polar surface area (TPSA) is 35.5 Å². The van der Waals surface area contributed by atoms with E-state index in [0.29, 0.717) is 12.5 Å². The summed E-state index contributed by atoms with van der Waals surface area (Å²) in [5.41, 5.74) is 0.971. The van der Waals surface area contributed by atoms with E-state index in [9.17, 15) is 4.89 Å². The van der Waals surface area contributed by atoms with E-state index in [-0.39, 0.29) is 5.92 Å². The lowest BCUT2D eigenvalue weighted by Crippen LogP contribution is -2.17. The Labute approximate surface area is 195 Å². The molecule has 29 heavy (non-hydrogen) atoms. The van der Waals surface area contributed by atoms with Crippen molar-refractivity contribution in [3.05, 3.63) is 90.1 Å². The molecule has 0 fully saturated rings. The van der Waals surface area contributed by atoms with Crippen LogP contribution in [0.3, 0.4) is 0 Å². The highest BCUT2D eigenvalue weighted by molar-refractivity contribution is 14.1. The average molecular weight is 552 g/mol. The predicted molar refractivity (Wildman–Crippen MR) is 140 cm³/mol. The molecule has 0 aliphatic heterocycles. The highest BCUT2D eigenvalue weighted by Gasteiger charge is 2.30. The Morgan fingerprint density at radius 3 is 2.76 bits per heavy atom. The van der Waals surface area contributed by atoms with Gasteiger partial charge < -0.3 is 4.89 Å². The molecular weight excluding hydrogens is 530 g/mol. The number of rotatable bonds is 6. The SMILES string of the molecule is CCNP(O)(=S)SN(I)c1ccc2ccccc2c1C1C=CC=C2C=CC=CC21. The van der Waals surface area contributed by atoms with Crippen molar-refractivity contribution in [2.45, 2.75) is 12.8 Å². The third-order valence-electron chi connectivity index (χ3n) is 5.11. The Hall–Kier alpha value is -0.890. The minimum atomic E-state index is -2.70. The third kappa shape index (κ3) is 4.58. The summed E-state index contributed by atoms with van der Waals surface area (Å²) in [7, 11) is 0. The first-order chi connectivity index (χ1) is 14.0. The van der Waals surface area contributed by atoms with Crippen LogP contribution < -0.4 is 7.61 Å². The molecular formula is C22H22IN2OPS2. The number of benzene rings is 2. The van der Waals surface area contributed by atoms with Gasteiger partial charge in [-0.3, -0.25) is 5.09 Å². The van der Waals surface area contributed by atoms with Crippen molar-refractivity contribution in [3.63, 3.8) is 0 Å². The van der Waals surface area contributed by atoms with Gasteiger partial charge in [0.2, 0.25) is 5.62 Å². The van der Waals surface area contributed by atoms with Crippen LogP contribution in [0, 0.1) is 5.92 Å². The van der Waals surface area contributed by atoms with E-state index in [1.54, 1.807) is 0 Å². The van der Waals surface area contributed by atoms with Crippen LogP contribution in [0.1, 0.15) is 18.4 Å². The van der Waals surface area contributed by atoms with Crippen LogP contribution >= 0.6 is 40.0 Å². The molecule has 2 aliphatic carbocycles. The summed E-state index contributed by atoms with van der Waals surface area (Å²) < 4.78 is 2.01. The van der Waals surface area contributed by atoms with Crippen LogP contribution in [0.15, 0.2) is 84.5 Å². The lowest BCUT2D eigenvalue weighted by atomic mass is 9.75. The molecule has 0 amide bonds. The van der Waals surface area contributed by atoms with Gasteiger partial charge in [0.1, 0.15) is 0 Å². The molecule has 0 saturated heterocycles. The van der Waals surface area contributed by atoms with Crippen molar-refractivity contribution in [3.8, 4) is 0 Å². The molecule has 2 aromatic carbocycles. The van der Waals surface area contributed by atoms with Crippen LogP contribution in [0.2, 0.25) is 0 Å². The zero-order valence-corrected chi connectivity index (χ0v) is 20.6. The van der Waals surface area contributed by atoms with Gasteiger partial charge in [-0.25, -0.2) is 2.52 Å². The Morgan fingerprint density at radius 2 is 1.93 bits per heavy atom. The first kappa shape index (κ1) is 21.3. The fraction of sp³-hybridized carbons (Fsp3) is 0.182. The number of anilines is 1. The van der Waals surface area contributed by atoms with Crippen molar-refractivity contribution >= 4 is 68.3 Å². The molecule has 0 spiro atoms. The second-order valence-corrected chi connectivity index (χ2v) is 14.8. The average Bonchev–Trinajstić information content (AvgIpc) is 2.72. The lowest BCUT2D eigenvalue weighted by Gasteiger charge is -2.32. The third-order valence-corrected chi connectivity index (χ3v) is 11.0. The van der Waals surface area contributed by atoms with Crippen LogP contribution in [-0.2, 0) is 11.8 Å². The summed E-state index contributed by atoms with van der Waals surface area (Å²) >= 11 is 9.01. The zero-order chi connectivity index (χ0) is 20.4. The molecule has 3 unspecified atom stereocenters. The van der Waals surface area contributed by atoms with Crippen molar-refractivity contribution in [1.29, 1.82) is 0 Å². The van der Waals surface area contributed by atoms with Gasteiger partial charge in [-0.1, -0.05) is 79.8 Å². The second kappa shape index (κ2) is 9.08. The Kier molecular flexibility index (Phi) is 6.69. The minimum absolute atomic E-state index is 0.214. The monoisotopic (exact) mass is 552 g/mol. The van der Waals surface area contributed by atoms with Crippen molar-refractivity contribution in [2.24, 2.45) is 5.92 Å². The highest BCUT2D eigenvalue weighted by atomic mass is 127. The first-order valence-corrected chi connectivity index (χ1v) is 14.6. The molecule has 0 aromatic heterocycles. The van der Waals surface area contributed by atoms with Gasteiger partial charge >= 0.3 is 0 Å². The van der Waals surface area contributed by atoms with Crippen molar-refractivity contribution < 1.29 is 4.89 Å². The summed E-state index contributed by atoms with van der Waals surface area (Å²) in [6.07, 6.45) is 15.4. The number of nitrogens with zero attached hydrogens (tertiary/aromatic N) is 1. The molecule has 2 aliphatic rings. The van der Waals surface area contributed by atoms with Gasteiger partial charge in [0, 0.05) is 23.4 Å². The molecule has 0 heterocycles. The van der Waals surface area contributed by atoms with Crippen molar-refractivity contribution in [1.82, 2.24) is 5.09 Å². The second-order valence-electron chi connectivity index (χ2n) is 6.93. The molecule has 3 nitrogen and oxygen atoms in total. The van der Waals surface area contributed by atoms with Crippen LogP contribution in [0.25, 0.3) is 10.8 Å². The Bertz CT molecular complexity index is 1100. The highest BCUT2D eigenvalue weighted by Crippen LogP contribution is 2.57. The number of hydrogen-bond acceptors (Lipinski definition) is 3. The van der Waals surface area contributed by atoms with E-state index in [1.165, 1.54) is 33.5 Å². The Morgan fingerprint density at radius 1 is 1.14 bits per heavy atom. The van der Waals surface area contributed by atoms with E-state index in [0.717, 1.165) is 5.69 Å². The van der Waals surface area contributed by atoms with Crippen LogP contribution in [0.5, 0.6) is 0 Å². The number of halogens is 1. The van der Waals surface area contributed by atoms with Gasteiger partial charge in [0.05, 0.1) is 28.6 Å². The summed E-state index contributed by atoms with van der Waals surface area (Å²) in [5.74, 6) is 0.515. The maximum absolute atomic E-state index is 10.6. The van der Waals surface area contributed by atoms with Crippen molar-refractivity contribution in [2.75, 3.05) is 9.06 Å². The molecule has 0 saturated carbocycles. The molecule has 7 heteroatoms. The molecule has 0 radical (unpaired) electrons. The van der Waals surface area contributed by atoms with Gasteiger partial charge in [-0.15, -0.1) is 0 Å². The molecule has 150 valence electrons. The fourth-order valence-electron chi connectivity index (χ4n) is 3.91. The maximum Gasteiger partial charge on any atom is 0.204 e. The lowest BCUT2D eigenvalue weighted by molar-refractivity contribution is 0.624. The van der Waals surface area contributed by atoms with Gasteiger partial charge in [-0.2, -0.15) is 0 Å². The van der Waals surface area contributed by atoms with E-state index >= 15 is 0 Å². The Balaban J connectivity index is 1.83. The summed E-state index contributed by atoms with van der Waals surface area (Å²) in [4.78, 5) is 10.6. The first-order valence-electron chi connectivity index (χ1n) is 9.48. The standard InChI is InChI=1S/C22H22IN2OPS2/c1-2-24-27(26,28)29-25(23)21-15-14-17-9-4-6-12-19(17)22(21)20-13-7-10-16-8-3-5-11-18(16)20/h3-15,18,20H,2H2,1H3,(H2,24,26,28). The minimum Gasteiger partial charge on any atom is -0.345 e. The number of fused-ring (bicyclic) bond motifs is 2. The van der Waals surface area contributed by atoms with E-state index in [2.05, 4.69) is 107 Å².